The minimum Gasteiger partial charge on any atom is -0.446 e. The molecule has 1 N–H and O–H groups in total. The van der Waals surface area contributed by atoms with E-state index in [1.165, 1.54) is 30.4 Å². The molecule has 0 unspecified atom stereocenters. The average Bonchev–Trinajstić information content (AvgIpc) is 2.39. The molecule has 0 heterocycles. The number of alkyl carbamates (subject to hydrolysis) is 1. The molecule has 3 heteroatoms. The summed E-state index contributed by atoms with van der Waals surface area (Å²) in [5.74, 6) is 0. The fraction of sp³-hybridized carbons (Fsp3) is 0.706. The molecular formula is C17H29NO2. The van der Waals surface area contributed by atoms with E-state index in [0.29, 0.717) is 6.54 Å². The Morgan fingerprint density at radius 3 is 2.50 bits per heavy atom. The fourth-order valence-electron chi connectivity index (χ4n) is 2.38. The van der Waals surface area contributed by atoms with E-state index < -0.39 is 0 Å². The van der Waals surface area contributed by atoms with Gasteiger partial charge in [-0.15, -0.1) is 0 Å². The summed E-state index contributed by atoms with van der Waals surface area (Å²) in [5.41, 5.74) is 2.66. The maximum absolute atomic E-state index is 11.6. The summed E-state index contributed by atoms with van der Waals surface area (Å²) in [6.07, 6.45) is 12.0. The van der Waals surface area contributed by atoms with E-state index in [-0.39, 0.29) is 12.2 Å². The van der Waals surface area contributed by atoms with Crippen LogP contribution in [0, 0.1) is 0 Å². The first-order valence-electron chi connectivity index (χ1n) is 7.81. The molecule has 0 saturated heterocycles. The quantitative estimate of drug-likeness (QED) is 0.713. The molecule has 0 radical (unpaired) electrons. The third-order valence-corrected chi connectivity index (χ3v) is 3.61. The van der Waals surface area contributed by atoms with Crippen molar-refractivity contribution in [1.82, 2.24) is 5.32 Å². The van der Waals surface area contributed by atoms with Crippen LogP contribution in [0.2, 0.25) is 0 Å². The van der Waals surface area contributed by atoms with Crippen LogP contribution in [0.15, 0.2) is 23.3 Å². The maximum Gasteiger partial charge on any atom is 0.407 e. The summed E-state index contributed by atoms with van der Waals surface area (Å²) in [6, 6.07) is 0. The molecule has 1 rings (SSSR count). The smallest absolute Gasteiger partial charge is 0.407 e. The van der Waals surface area contributed by atoms with E-state index in [2.05, 4.69) is 38.2 Å². The van der Waals surface area contributed by atoms with Crippen molar-refractivity contribution in [1.29, 1.82) is 0 Å². The predicted octanol–water partition coefficient (Wildman–Crippen LogP) is 4.74. The largest absolute Gasteiger partial charge is 0.446 e. The Morgan fingerprint density at radius 2 is 1.85 bits per heavy atom. The molecule has 114 valence electrons. The zero-order chi connectivity index (χ0) is 14.8. The molecule has 0 atom stereocenters. The van der Waals surface area contributed by atoms with Gasteiger partial charge in [-0.1, -0.05) is 29.7 Å². The Hall–Kier alpha value is -1.25. The molecule has 0 aromatic carbocycles. The molecule has 0 aromatic rings. The van der Waals surface area contributed by atoms with Crippen LogP contribution in [0.3, 0.4) is 0 Å². The van der Waals surface area contributed by atoms with Crippen molar-refractivity contribution in [2.24, 2.45) is 0 Å². The van der Waals surface area contributed by atoms with Gasteiger partial charge >= 0.3 is 6.09 Å². The first kappa shape index (κ1) is 16.8. The van der Waals surface area contributed by atoms with Crippen LogP contribution in [-0.2, 0) is 4.74 Å². The van der Waals surface area contributed by atoms with E-state index in [1.54, 1.807) is 0 Å². The second kappa shape index (κ2) is 9.62. The Morgan fingerprint density at radius 1 is 1.15 bits per heavy atom. The lowest BCUT2D eigenvalue weighted by molar-refractivity contribution is 0.0761. The van der Waals surface area contributed by atoms with Crippen molar-refractivity contribution in [2.45, 2.75) is 71.8 Å². The Balaban J connectivity index is 2.14. The fourth-order valence-corrected chi connectivity index (χ4v) is 2.38. The van der Waals surface area contributed by atoms with Gasteiger partial charge in [-0.2, -0.15) is 0 Å². The highest BCUT2D eigenvalue weighted by atomic mass is 16.6. The number of amides is 1. The van der Waals surface area contributed by atoms with Crippen molar-refractivity contribution >= 4 is 6.09 Å². The van der Waals surface area contributed by atoms with Gasteiger partial charge in [0.25, 0.3) is 0 Å². The number of ether oxygens (including phenoxy) is 1. The summed E-state index contributed by atoms with van der Waals surface area (Å²) in [4.78, 5) is 11.6. The van der Waals surface area contributed by atoms with Crippen LogP contribution >= 0.6 is 0 Å². The highest BCUT2D eigenvalue weighted by molar-refractivity contribution is 5.67. The van der Waals surface area contributed by atoms with E-state index in [1.807, 2.05) is 0 Å². The lowest BCUT2D eigenvalue weighted by Crippen LogP contribution is -2.30. The number of nitrogens with one attached hydrogen (secondary N) is 1. The van der Waals surface area contributed by atoms with Crippen molar-refractivity contribution in [3.8, 4) is 0 Å². The molecule has 0 bridgehead atoms. The van der Waals surface area contributed by atoms with Gasteiger partial charge in [0.05, 0.1) is 0 Å². The number of allylic oxidation sites excluding steroid dienone is 3. The monoisotopic (exact) mass is 279 g/mol. The molecule has 1 aliphatic rings. The van der Waals surface area contributed by atoms with Crippen LogP contribution in [0.1, 0.15) is 65.7 Å². The van der Waals surface area contributed by atoms with Gasteiger partial charge in [-0.3, -0.25) is 0 Å². The summed E-state index contributed by atoms with van der Waals surface area (Å²) >= 11 is 0. The number of carbonyl (C=O) groups is 1. The first-order chi connectivity index (χ1) is 9.58. The molecule has 1 amide bonds. The maximum atomic E-state index is 11.6. The van der Waals surface area contributed by atoms with Gasteiger partial charge in [-0.25, -0.2) is 4.79 Å². The predicted molar refractivity (Wildman–Crippen MR) is 83.8 cm³/mol. The molecule has 1 aliphatic carbocycles. The zero-order valence-corrected chi connectivity index (χ0v) is 13.2. The number of hydrogen-bond donors (Lipinski definition) is 1. The highest BCUT2D eigenvalue weighted by Gasteiger charge is 2.16. The molecule has 3 nitrogen and oxygen atoms in total. The van der Waals surface area contributed by atoms with Gasteiger partial charge in [0.1, 0.15) is 6.10 Å². The van der Waals surface area contributed by atoms with Crippen molar-refractivity contribution in [3.05, 3.63) is 23.3 Å². The van der Waals surface area contributed by atoms with E-state index >= 15 is 0 Å². The van der Waals surface area contributed by atoms with Crippen LogP contribution in [0.25, 0.3) is 0 Å². The normalized spacial score (nSPS) is 16.6. The minimum atomic E-state index is -0.273. The topological polar surface area (TPSA) is 38.3 Å². The zero-order valence-electron chi connectivity index (χ0n) is 13.2. The second-order valence-corrected chi connectivity index (χ2v) is 5.92. The molecule has 1 fully saturated rings. The second-order valence-electron chi connectivity index (χ2n) is 5.92. The van der Waals surface area contributed by atoms with Crippen LogP contribution in [0.4, 0.5) is 4.79 Å². The number of hydrogen-bond acceptors (Lipinski definition) is 2. The van der Waals surface area contributed by atoms with Gasteiger partial charge < -0.3 is 10.1 Å². The van der Waals surface area contributed by atoms with E-state index in [0.717, 1.165) is 25.7 Å². The lowest BCUT2D eigenvalue weighted by atomic mass is 9.98. The third kappa shape index (κ3) is 8.03. The third-order valence-electron chi connectivity index (χ3n) is 3.61. The molecule has 1 saturated carbocycles. The van der Waals surface area contributed by atoms with E-state index in [4.69, 9.17) is 4.74 Å². The Labute approximate surface area is 123 Å². The molecule has 0 spiro atoms. The summed E-state index contributed by atoms with van der Waals surface area (Å²) in [6.45, 7) is 6.89. The van der Waals surface area contributed by atoms with Crippen molar-refractivity contribution in [2.75, 3.05) is 6.54 Å². The molecular weight excluding hydrogens is 250 g/mol. The van der Waals surface area contributed by atoms with Crippen LogP contribution in [-0.4, -0.2) is 18.7 Å². The average molecular weight is 279 g/mol. The highest BCUT2D eigenvalue weighted by Crippen LogP contribution is 2.20. The van der Waals surface area contributed by atoms with Gasteiger partial charge in [0, 0.05) is 6.54 Å². The Kier molecular flexibility index (Phi) is 8.08. The number of rotatable bonds is 6. The standard InChI is InChI=1S/C17H29NO2/c1-14(2)8-7-9-15(3)12-13-18-17(19)20-16-10-5-4-6-11-16/h8,12,16H,4-7,9-11,13H2,1-3H3,(H,18,19). The van der Waals surface area contributed by atoms with Crippen molar-refractivity contribution < 1.29 is 9.53 Å². The van der Waals surface area contributed by atoms with E-state index in [9.17, 15) is 4.79 Å². The van der Waals surface area contributed by atoms with Crippen LogP contribution in [0.5, 0.6) is 0 Å². The Bertz CT molecular complexity index is 348. The SMILES string of the molecule is CC(C)=CCCC(C)=CCNC(=O)OC1CCCCC1. The number of carbonyl (C=O) groups excluding carboxylic acids is 1. The summed E-state index contributed by atoms with van der Waals surface area (Å²) < 4.78 is 5.40. The van der Waals surface area contributed by atoms with Gasteiger partial charge in [0.15, 0.2) is 0 Å². The molecule has 20 heavy (non-hydrogen) atoms. The summed E-state index contributed by atoms with van der Waals surface area (Å²) in [7, 11) is 0. The first-order valence-corrected chi connectivity index (χ1v) is 7.81. The lowest BCUT2D eigenvalue weighted by Gasteiger charge is -2.21. The van der Waals surface area contributed by atoms with Gasteiger partial charge in [0.2, 0.25) is 0 Å². The van der Waals surface area contributed by atoms with Gasteiger partial charge in [-0.05, 0) is 59.3 Å². The summed E-state index contributed by atoms with van der Waals surface area (Å²) in [5, 5.41) is 2.81. The molecule has 0 aliphatic heterocycles. The molecule has 0 aromatic heterocycles. The minimum absolute atomic E-state index is 0.131. The van der Waals surface area contributed by atoms with Crippen LogP contribution < -0.4 is 5.32 Å². The van der Waals surface area contributed by atoms with Crippen molar-refractivity contribution in [3.63, 3.8) is 0 Å².